The predicted octanol–water partition coefficient (Wildman–Crippen LogP) is 4.12. The number of aliphatic hydroxyl groups is 1. The van der Waals surface area contributed by atoms with Crippen molar-refractivity contribution in [2.24, 2.45) is 11.8 Å². The summed E-state index contributed by atoms with van der Waals surface area (Å²) in [5.74, 6) is 0.0987. The summed E-state index contributed by atoms with van der Waals surface area (Å²) in [5, 5.41) is 11.1. The Balaban J connectivity index is 2.42. The van der Waals surface area contributed by atoms with E-state index < -0.39 is 11.4 Å². The van der Waals surface area contributed by atoms with Crippen molar-refractivity contribution in [3.63, 3.8) is 0 Å². The van der Waals surface area contributed by atoms with Crippen molar-refractivity contribution in [3.8, 4) is 0 Å². The van der Waals surface area contributed by atoms with Crippen LogP contribution in [0.1, 0.15) is 38.7 Å². The SMILES string of the molecule is CC1CCC(C)C(O)(c2ccc(Cl)cc2F)C1. The molecule has 94 valence electrons. The van der Waals surface area contributed by atoms with Crippen LogP contribution >= 0.6 is 11.6 Å². The maximum atomic E-state index is 13.9. The average Bonchev–Trinajstić information content (AvgIpc) is 2.23. The molecule has 1 fully saturated rings. The Morgan fingerprint density at radius 3 is 2.71 bits per heavy atom. The van der Waals surface area contributed by atoms with Gasteiger partial charge in [-0.1, -0.05) is 37.9 Å². The average molecular weight is 257 g/mol. The zero-order valence-electron chi connectivity index (χ0n) is 10.2. The van der Waals surface area contributed by atoms with Crippen LogP contribution in [0.5, 0.6) is 0 Å². The van der Waals surface area contributed by atoms with E-state index in [1.54, 1.807) is 12.1 Å². The van der Waals surface area contributed by atoms with E-state index in [1.807, 2.05) is 6.92 Å². The maximum absolute atomic E-state index is 13.9. The van der Waals surface area contributed by atoms with E-state index in [-0.39, 0.29) is 5.92 Å². The molecule has 1 aromatic carbocycles. The first-order valence-corrected chi connectivity index (χ1v) is 6.49. The van der Waals surface area contributed by atoms with Gasteiger partial charge in [0.25, 0.3) is 0 Å². The lowest BCUT2D eigenvalue weighted by atomic mass is 9.69. The highest BCUT2D eigenvalue weighted by atomic mass is 35.5. The molecule has 3 atom stereocenters. The standard InChI is InChI=1S/C14H18ClFO/c1-9-3-4-10(2)14(17,8-9)12-6-5-11(15)7-13(12)16/h5-7,9-10,17H,3-4,8H2,1-2H3. The fraction of sp³-hybridized carbons (Fsp3) is 0.571. The minimum Gasteiger partial charge on any atom is -0.385 e. The Hall–Kier alpha value is -0.600. The van der Waals surface area contributed by atoms with Crippen molar-refractivity contribution in [3.05, 3.63) is 34.6 Å². The molecule has 1 N–H and O–H groups in total. The first kappa shape index (κ1) is 12.8. The molecular weight excluding hydrogens is 239 g/mol. The highest BCUT2D eigenvalue weighted by molar-refractivity contribution is 6.30. The first-order valence-electron chi connectivity index (χ1n) is 6.11. The predicted molar refractivity (Wildman–Crippen MR) is 67.5 cm³/mol. The van der Waals surface area contributed by atoms with Crippen molar-refractivity contribution < 1.29 is 9.50 Å². The molecule has 0 amide bonds. The fourth-order valence-corrected chi connectivity index (χ4v) is 2.98. The Morgan fingerprint density at radius 1 is 1.35 bits per heavy atom. The zero-order valence-corrected chi connectivity index (χ0v) is 11.0. The number of hydrogen-bond acceptors (Lipinski definition) is 1. The van der Waals surface area contributed by atoms with Gasteiger partial charge in [0.15, 0.2) is 0 Å². The van der Waals surface area contributed by atoms with Crippen molar-refractivity contribution in [1.29, 1.82) is 0 Å². The quantitative estimate of drug-likeness (QED) is 0.801. The van der Waals surface area contributed by atoms with Gasteiger partial charge in [0.05, 0.1) is 5.60 Å². The largest absolute Gasteiger partial charge is 0.385 e. The van der Waals surface area contributed by atoms with Gasteiger partial charge in [0, 0.05) is 10.6 Å². The summed E-state index contributed by atoms with van der Waals surface area (Å²) in [5.41, 5.74) is -0.659. The molecule has 0 spiro atoms. The summed E-state index contributed by atoms with van der Waals surface area (Å²) < 4.78 is 13.9. The summed E-state index contributed by atoms with van der Waals surface area (Å²) in [7, 11) is 0. The highest BCUT2D eigenvalue weighted by Crippen LogP contribution is 2.44. The summed E-state index contributed by atoms with van der Waals surface area (Å²) >= 11 is 5.74. The van der Waals surface area contributed by atoms with E-state index in [1.165, 1.54) is 6.07 Å². The van der Waals surface area contributed by atoms with Crippen LogP contribution in [0.15, 0.2) is 18.2 Å². The molecule has 2 rings (SSSR count). The van der Waals surface area contributed by atoms with Crippen LogP contribution < -0.4 is 0 Å². The van der Waals surface area contributed by atoms with E-state index in [2.05, 4.69) is 6.92 Å². The number of benzene rings is 1. The molecule has 17 heavy (non-hydrogen) atoms. The fourth-order valence-electron chi connectivity index (χ4n) is 2.82. The third kappa shape index (κ3) is 2.34. The van der Waals surface area contributed by atoms with E-state index in [9.17, 15) is 9.50 Å². The van der Waals surface area contributed by atoms with Crippen molar-refractivity contribution in [1.82, 2.24) is 0 Å². The topological polar surface area (TPSA) is 20.2 Å². The number of rotatable bonds is 1. The Labute approximate surface area is 107 Å². The zero-order chi connectivity index (χ0) is 12.6. The normalized spacial score (nSPS) is 33.7. The van der Waals surface area contributed by atoms with Crippen LogP contribution in [0.2, 0.25) is 5.02 Å². The van der Waals surface area contributed by atoms with Crippen LogP contribution in [0.4, 0.5) is 4.39 Å². The summed E-state index contributed by atoms with van der Waals surface area (Å²) in [4.78, 5) is 0. The van der Waals surface area contributed by atoms with Crippen LogP contribution in [-0.4, -0.2) is 5.11 Å². The van der Waals surface area contributed by atoms with Gasteiger partial charge in [-0.2, -0.15) is 0 Å². The minimum atomic E-state index is -1.05. The van der Waals surface area contributed by atoms with E-state index in [0.717, 1.165) is 12.8 Å². The van der Waals surface area contributed by atoms with Crippen molar-refractivity contribution in [2.45, 2.75) is 38.7 Å². The molecule has 0 aliphatic heterocycles. The second kappa shape index (κ2) is 4.58. The molecule has 1 aliphatic carbocycles. The molecule has 1 saturated carbocycles. The summed E-state index contributed by atoms with van der Waals surface area (Å²) in [6, 6.07) is 4.54. The van der Waals surface area contributed by atoms with Gasteiger partial charge in [-0.25, -0.2) is 4.39 Å². The van der Waals surface area contributed by atoms with Gasteiger partial charge in [0.1, 0.15) is 5.82 Å². The third-order valence-electron chi connectivity index (χ3n) is 3.96. The van der Waals surface area contributed by atoms with Crippen molar-refractivity contribution in [2.75, 3.05) is 0 Å². The first-order chi connectivity index (χ1) is 7.93. The second-order valence-corrected chi connectivity index (χ2v) is 5.77. The Morgan fingerprint density at radius 2 is 2.06 bits per heavy atom. The summed E-state index contributed by atoms with van der Waals surface area (Å²) in [6.45, 7) is 4.09. The van der Waals surface area contributed by atoms with Gasteiger partial charge < -0.3 is 5.11 Å². The Kier molecular flexibility index (Phi) is 3.46. The van der Waals surface area contributed by atoms with E-state index in [0.29, 0.717) is 22.9 Å². The molecule has 0 aromatic heterocycles. The number of halogens is 2. The van der Waals surface area contributed by atoms with Gasteiger partial charge >= 0.3 is 0 Å². The molecular formula is C14H18ClFO. The maximum Gasteiger partial charge on any atom is 0.130 e. The molecule has 0 bridgehead atoms. The number of hydrogen-bond donors (Lipinski definition) is 1. The minimum absolute atomic E-state index is 0.0781. The van der Waals surface area contributed by atoms with Crippen LogP contribution in [-0.2, 0) is 5.60 Å². The Bertz CT molecular complexity index is 421. The molecule has 3 heteroatoms. The summed E-state index contributed by atoms with van der Waals surface area (Å²) in [6.07, 6.45) is 2.64. The monoisotopic (exact) mass is 256 g/mol. The lowest BCUT2D eigenvalue weighted by Crippen LogP contribution is -2.39. The molecule has 1 aromatic rings. The van der Waals surface area contributed by atoms with Gasteiger partial charge in [-0.15, -0.1) is 0 Å². The molecule has 0 heterocycles. The van der Waals surface area contributed by atoms with Gasteiger partial charge in [-0.3, -0.25) is 0 Å². The van der Waals surface area contributed by atoms with Crippen LogP contribution in [0.25, 0.3) is 0 Å². The lowest BCUT2D eigenvalue weighted by Gasteiger charge is -2.41. The van der Waals surface area contributed by atoms with E-state index >= 15 is 0 Å². The lowest BCUT2D eigenvalue weighted by molar-refractivity contribution is -0.0651. The molecule has 1 aliphatic rings. The van der Waals surface area contributed by atoms with Gasteiger partial charge in [-0.05, 0) is 36.8 Å². The molecule has 1 nitrogen and oxygen atoms in total. The smallest absolute Gasteiger partial charge is 0.130 e. The second-order valence-electron chi connectivity index (χ2n) is 5.34. The van der Waals surface area contributed by atoms with Crippen LogP contribution in [0, 0.1) is 17.7 Å². The highest BCUT2D eigenvalue weighted by Gasteiger charge is 2.41. The molecule has 0 radical (unpaired) electrons. The third-order valence-corrected chi connectivity index (χ3v) is 4.20. The van der Waals surface area contributed by atoms with Crippen LogP contribution in [0.3, 0.4) is 0 Å². The molecule has 0 saturated heterocycles. The van der Waals surface area contributed by atoms with Gasteiger partial charge in [0.2, 0.25) is 0 Å². The van der Waals surface area contributed by atoms with Crippen molar-refractivity contribution >= 4 is 11.6 Å². The van der Waals surface area contributed by atoms with E-state index in [4.69, 9.17) is 11.6 Å². The molecule has 3 unspecified atom stereocenters.